The molecule has 0 bridgehead atoms. The number of carbonyl (C=O) groups is 1. The van der Waals surface area contributed by atoms with Crippen molar-refractivity contribution in [2.75, 3.05) is 23.9 Å². The molecule has 1 fully saturated rings. The number of carbonyl (C=O) groups excluding carboxylic acids is 1. The summed E-state index contributed by atoms with van der Waals surface area (Å²) in [4.78, 5) is 19.1. The molecule has 0 spiro atoms. The summed E-state index contributed by atoms with van der Waals surface area (Å²) in [7, 11) is -3.04. The van der Waals surface area contributed by atoms with Gasteiger partial charge in [-0.05, 0) is 20.3 Å². The van der Waals surface area contributed by atoms with E-state index in [1.54, 1.807) is 18.0 Å². The van der Waals surface area contributed by atoms with Gasteiger partial charge in [-0.25, -0.2) is 18.1 Å². The van der Waals surface area contributed by atoms with Crippen molar-refractivity contribution in [3.05, 3.63) is 36.5 Å². The Labute approximate surface area is 163 Å². The van der Waals surface area contributed by atoms with Crippen LogP contribution in [0.5, 0.6) is 0 Å². The van der Waals surface area contributed by atoms with E-state index in [-0.39, 0.29) is 23.5 Å². The van der Waals surface area contributed by atoms with Crippen molar-refractivity contribution >= 4 is 27.5 Å². The lowest BCUT2D eigenvalue weighted by molar-refractivity contribution is -0.131. The first-order valence-electron chi connectivity index (χ1n) is 8.88. The standard InChI is InChI=1S/C18H24N4O3S2/c1-3-21(15-9-10-27(24,25)12-15)17(23)13(2)26-18-20-16(11-22(18)19)14-7-5-4-6-8-14/h4-8,11,13,15H,3,9-10,12,19H2,1-2H3/t13-,15-/m0/s1. The summed E-state index contributed by atoms with van der Waals surface area (Å²) < 4.78 is 24.9. The van der Waals surface area contributed by atoms with Gasteiger partial charge in [0.2, 0.25) is 5.91 Å². The predicted octanol–water partition coefficient (Wildman–Crippen LogP) is 1.78. The van der Waals surface area contributed by atoms with Crippen molar-refractivity contribution < 1.29 is 13.2 Å². The van der Waals surface area contributed by atoms with Crippen molar-refractivity contribution in [3.8, 4) is 11.3 Å². The monoisotopic (exact) mass is 408 g/mol. The lowest BCUT2D eigenvalue weighted by Crippen LogP contribution is -2.44. The first kappa shape index (κ1) is 19.8. The Morgan fingerprint density at radius 2 is 2.11 bits per heavy atom. The SMILES string of the molecule is CCN(C(=O)[C@H](C)Sc1nc(-c2ccccc2)cn1N)[C@H]1CCS(=O)(=O)C1. The van der Waals surface area contributed by atoms with Gasteiger partial charge in [-0.2, -0.15) is 0 Å². The van der Waals surface area contributed by atoms with E-state index in [9.17, 15) is 13.2 Å². The minimum atomic E-state index is -3.04. The average Bonchev–Trinajstić information content (AvgIpc) is 3.18. The molecule has 2 aromatic rings. The lowest BCUT2D eigenvalue weighted by atomic mass is 10.2. The minimum Gasteiger partial charge on any atom is -0.338 e. The highest BCUT2D eigenvalue weighted by Gasteiger charge is 2.35. The summed E-state index contributed by atoms with van der Waals surface area (Å²) in [6.07, 6.45) is 2.24. The number of nitrogens with two attached hydrogens (primary N) is 1. The van der Waals surface area contributed by atoms with Crippen LogP contribution in [0.2, 0.25) is 0 Å². The van der Waals surface area contributed by atoms with Crippen LogP contribution in [0.25, 0.3) is 11.3 Å². The number of thioether (sulfide) groups is 1. The zero-order valence-electron chi connectivity index (χ0n) is 15.4. The topological polar surface area (TPSA) is 98.3 Å². The highest BCUT2D eigenvalue weighted by atomic mass is 32.2. The Kier molecular flexibility index (Phi) is 5.81. The molecule has 2 atom stereocenters. The molecule has 7 nitrogen and oxygen atoms in total. The quantitative estimate of drug-likeness (QED) is 0.578. The van der Waals surface area contributed by atoms with Gasteiger partial charge in [0.15, 0.2) is 15.0 Å². The molecule has 0 aliphatic carbocycles. The van der Waals surface area contributed by atoms with Crippen molar-refractivity contribution in [1.29, 1.82) is 0 Å². The molecule has 2 heterocycles. The van der Waals surface area contributed by atoms with Gasteiger partial charge in [0, 0.05) is 18.2 Å². The van der Waals surface area contributed by atoms with Gasteiger partial charge in [0.05, 0.1) is 28.6 Å². The van der Waals surface area contributed by atoms with E-state index in [4.69, 9.17) is 5.84 Å². The van der Waals surface area contributed by atoms with E-state index in [1.165, 1.54) is 16.4 Å². The van der Waals surface area contributed by atoms with Crippen LogP contribution in [-0.2, 0) is 14.6 Å². The summed E-state index contributed by atoms with van der Waals surface area (Å²) in [6, 6.07) is 9.45. The minimum absolute atomic E-state index is 0.0492. The molecule has 2 N–H and O–H groups in total. The van der Waals surface area contributed by atoms with Crippen molar-refractivity contribution in [1.82, 2.24) is 14.6 Å². The van der Waals surface area contributed by atoms with Crippen LogP contribution in [0.4, 0.5) is 0 Å². The first-order valence-corrected chi connectivity index (χ1v) is 11.6. The summed E-state index contributed by atoms with van der Waals surface area (Å²) in [5, 5.41) is 0.131. The van der Waals surface area contributed by atoms with Crippen LogP contribution in [0.15, 0.2) is 41.7 Å². The average molecular weight is 409 g/mol. The zero-order chi connectivity index (χ0) is 19.6. The second-order valence-corrected chi connectivity index (χ2v) is 10.2. The van der Waals surface area contributed by atoms with E-state index in [2.05, 4.69) is 4.98 Å². The second kappa shape index (κ2) is 7.93. The fourth-order valence-corrected chi connectivity index (χ4v) is 5.88. The third-order valence-corrected chi connectivity index (χ3v) is 7.49. The van der Waals surface area contributed by atoms with Gasteiger partial charge < -0.3 is 10.7 Å². The van der Waals surface area contributed by atoms with Crippen LogP contribution >= 0.6 is 11.8 Å². The number of amides is 1. The zero-order valence-corrected chi connectivity index (χ0v) is 17.0. The summed E-state index contributed by atoms with van der Waals surface area (Å²) in [5.74, 6) is 6.13. The Morgan fingerprint density at radius 3 is 2.70 bits per heavy atom. The number of benzene rings is 1. The fraction of sp³-hybridized carbons (Fsp3) is 0.444. The largest absolute Gasteiger partial charge is 0.338 e. The van der Waals surface area contributed by atoms with Crippen LogP contribution < -0.4 is 5.84 Å². The number of nitrogens with zero attached hydrogens (tertiary/aromatic N) is 3. The third-order valence-electron chi connectivity index (χ3n) is 4.67. The van der Waals surface area contributed by atoms with Crippen molar-refractivity contribution in [2.45, 2.75) is 36.7 Å². The summed E-state index contributed by atoms with van der Waals surface area (Å²) >= 11 is 1.28. The molecule has 0 saturated carbocycles. The van der Waals surface area contributed by atoms with E-state index < -0.39 is 15.1 Å². The first-order chi connectivity index (χ1) is 12.8. The highest BCUT2D eigenvalue weighted by molar-refractivity contribution is 8.00. The number of imidazole rings is 1. The lowest BCUT2D eigenvalue weighted by Gasteiger charge is -2.29. The maximum Gasteiger partial charge on any atom is 0.236 e. The molecule has 27 heavy (non-hydrogen) atoms. The molecule has 1 aliphatic rings. The Balaban J connectivity index is 1.72. The molecule has 146 valence electrons. The van der Waals surface area contributed by atoms with E-state index in [0.29, 0.717) is 18.1 Å². The number of hydrogen-bond acceptors (Lipinski definition) is 6. The van der Waals surface area contributed by atoms with Crippen molar-refractivity contribution in [2.24, 2.45) is 0 Å². The number of rotatable bonds is 6. The van der Waals surface area contributed by atoms with E-state index >= 15 is 0 Å². The Bertz CT molecular complexity index is 912. The second-order valence-electron chi connectivity index (χ2n) is 6.62. The number of hydrogen-bond donors (Lipinski definition) is 1. The molecule has 9 heteroatoms. The number of nitrogen functional groups attached to an aromatic ring is 1. The van der Waals surface area contributed by atoms with Crippen LogP contribution in [0, 0.1) is 0 Å². The van der Waals surface area contributed by atoms with Crippen molar-refractivity contribution in [3.63, 3.8) is 0 Å². The molecule has 1 aliphatic heterocycles. The molecule has 3 rings (SSSR count). The molecular formula is C18H24N4O3S2. The molecule has 1 aromatic carbocycles. The molecule has 0 unspecified atom stereocenters. The van der Waals surface area contributed by atoms with Crippen LogP contribution in [0.1, 0.15) is 20.3 Å². The smallest absolute Gasteiger partial charge is 0.236 e. The summed E-state index contributed by atoms with van der Waals surface area (Å²) in [6.45, 7) is 4.16. The van der Waals surface area contributed by atoms with Gasteiger partial charge in [-0.1, -0.05) is 42.1 Å². The Hall–Kier alpha value is -2.00. The maximum atomic E-state index is 12.9. The van der Waals surface area contributed by atoms with Gasteiger partial charge in [0.1, 0.15) is 0 Å². The van der Waals surface area contributed by atoms with E-state index in [1.807, 2.05) is 37.3 Å². The number of aromatic nitrogens is 2. The Morgan fingerprint density at radius 1 is 1.41 bits per heavy atom. The third kappa shape index (κ3) is 4.47. The normalized spacial score (nSPS) is 19.7. The van der Waals surface area contributed by atoms with Gasteiger partial charge in [0.25, 0.3) is 0 Å². The highest BCUT2D eigenvalue weighted by Crippen LogP contribution is 2.28. The van der Waals surface area contributed by atoms with Gasteiger partial charge in [-0.3, -0.25) is 4.79 Å². The molecule has 1 aromatic heterocycles. The summed E-state index contributed by atoms with van der Waals surface area (Å²) in [5.41, 5.74) is 1.70. The number of sulfone groups is 1. The predicted molar refractivity (Wildman–Crippen MR) is 108 cm³/mol. The molecule has 1 saturated heterocycles. The molecule has 0 radical (unpaired) electrons. The van der Waals surface area contributed by atoms with E-state index in [0.717, 1.165) is 11.3 Å². The van der Waals surface area contributed by atoms with Gasteiger partial charge >= 0.3 is 0 Å². The molecule has 1 amide bonds. The van der Waals surface area contributed by atoms with Crippen LogP contribution in [-0.4, -0.2) is 58.2 Å². The fourth-order valence-electron chi connectivity index (χ4n) is 3.27. The van der Waals surface area contributed by atoms with Gasteiger partial charge in [-0.15, -0.1) is 0 Å². The van der Waals surface area contributed by atoms with Crippen LogP contribution in [0.3, 0.4) is 0 Å². The molecular weight excluding hydrogens is 384 g/mol. The maximum absolute atomic E-state index is 12.9.